The summed E-state index contributed by atoms with van der Waals surface area (Å²) in [5.74, 6) is 0. The van der Waals surface area contributed by atoms with Gasteiger partial charge in [-0.15, -0.1) is 0 Å². The molecule has 0 aromatic heterocycles. The number of hydrogen-bond acceptors (Lipinski definition) is 3. The molecule has 3 nitrogen and oxygen atoms in total. The normalized spacial score (nSPS) is 21.1. The molecule has 1 heterocycles. The number of nitrogens with one attached hydrogen (secondary N) is 1. The maximum absolute atomic E-state index is 9.16. The van der Waals surface area contributed by atoms with Gasteiger partial charge in [0.2, 0.25) is 0 Å². The molecule has 1 atom stereocenters. The van der Waals surface area contributed by atoms with Crippen molar-refractivity contribution in [2.45, 2.75) is 32.2 Å². The maximum Gasteiger partial charge on any atom is 0.111 e. The summed E-state index contributed by atoms with van der Waals surface area (Å²) < 4.78 is 0. The quantitative estimate of drug-likeness (QED) is 0.849. The van der Waals surface area contributed by atoms with Crippen molar-refractivity contribution in [1.29, 1.82) is 5.26 Å². The summed E-state index contributed by atoms with van der Waals surface area (Å²) in [4.78, 5) is 2.26. The molecule has 1 aromatic rings. The first-order chi connectivity index (χ1) is 9.00. The van der Waals surface area contributed by atoms with Crippen LogP contribution in [0.2, 0.25) is 19.6 Å². The molecule has 1 fully saturated rings. The molecule has 19 heavy (non-hydrogen) atoms. The van der Waals surface area contributed by atoms with E-state index in [2.05, 4.69) is 60.2 Å². The van der Waals surface area contributed by atoms with Gasteiger partial charge in [0.25, 0.3) is 0 Å². The molecule has 1 N–H and O–H groups in total. The van der Waals surface area contributed by atoms with Gasteiger partial charge in [-0.3, -0.25) is 4.90 Å². The van der Waals surface area contributed by atoms with Gasteiger partial charge in [-0.05, 0) is 5.56 Å². The highest BCUT2D eigenvalue weighted by Gasteiger charge is 2.22. The Kier molecular flexibility index (Phi) is 4.41. The van der Waals surface area contributed by atoms with Gasteiger partial charge in [0.05, 0.1) is 14.1 Å². The van der Waals surface area contributed by atoms with E-state index in [9.17, 15) is 0 Å². The molecular formula is C15H23N3Si. The van der Waals surface area contributed by atoms with E-state index >= 15 is 0 Å². The van der Waals surface area contributed by atoms with Crippen molar-refractivity contribution in [3.05, 3.63) is 29.8 Å². The van der Waals surface area contributed by atoms with Crippen molar-refractivity contribution in [1.82, 2.24) is 10.2 Å². The molecule has 0 bridgehead atoms. The minimum absolute atomic E-state index is 0.00502. The minimum Gasteiger partial charge on any atom is -0.313 e. The Bertz CT molecular complexity index is 456. The van der Waals surface area contributed by atoms with E-state index in [1.54, 1.807) is 0 Å². The fourth-order valence-corrected chi connectivity index (χ4v) is 3.57. The third kappa shape index (κ3) is 3.66. The standard InChI is InChI=1S/C15H23N3Si/c1-19(2,3)15-6-4-13(5-7-15)12-18-9-8-17-11-14(18)10-16/h4-7,14,17H,8-9,11-12H2,1-3H3. The van der Waals surface area contributed by atoms with E-state index in [4.69, 9.17) is 5.26 Å². The van der Waals surface area contributed by atoms with E-state index in [1.165, 1.54) is 10.8 Å². The van der Waals surface area contributed by atoms with Crippen molar-refractivity contribution in [3.8, 4) is 6.07 Å². The van der Waals surface area contributed by atoms with Gasteiger partial charge < -0.3 is 5.32 Å². The van der Waals surface area contributed by atoms with Crippen LogP contribution in [-0.4, -0.2) is 38.6 Å². The summed E-state index contributed by atoms with van der Waals surface area (Å²) in [6.07, 6.45) is 0. The fraction of sp³-hybridized carbons (Fsp3) is 0.533. The van der Waals surface area contributed by atoms with Crippen LogP contribution in [0.25, 0.3) is 0 Å². The van der Waals surface area contributed by atoms with Gasteiger partial charge in [0, 0.05) is 26.2 Å². The molecule has 0 amide bonds. The van der Waals surface area contributed by atoms with Crippen molar-refractivity contribution in [2.75, 3.05) is 19.6 Å². The molecule has 102 valence electrons. The highest BCUT2D eigenvalue weighted by atomic mass is 28.3. The number of piperazine rings is 1. The Balaban J connectivity index is 2.05. The van der Waals surface area contributed by atoms with Crippen molar-refractivity contribution in [3.63, 3.8) is 0 Å². The molecule has 0 aliphatic carbocycles. The molecule has 0 spiro atoms. The smallest absolute Gasteiger partial charge is 0.111 e. The first-order valence-electron chi connectivity index (χ1n) is 6.94. The number of nitrogens with zero attached hydrogens (tertiary/aromatic N) is 2. The molecule has 1 unspecified atom stereocenters. The van der Waals surface area contributed by atoms with Crippen molar-refractivity contribution < 1.29 is 0 Å². The van der Waals surface area contributed by atoms with Crippen LogP contribution < -0.4 is 10.5 Å². The molecule has 1 saturated heterocycles. The van der Waals surface area contributed by atoms with Gasteiger partial charge in [-0.1, -0.05) is 49.1 Å². The van der Waals surface area contributed by atoms with Gasteiger partial charge >= 0.3 is 0 Å². The first-order valence-corrected chi connectivity index (χ1v) is 10.4. The molecule has 0 saturated carbocycles. The SMILES string of the molecule is C[Si](C)(C)c1ccc(CN2CCNCC2C#N)cc1. The predicted molar refractivity (Wildman–Crippen MR) is 82.1 cm³/mol. The Morgan fingerprint density at radius 3 is 2.58 bits per heavy atom. The molecule has 1 aromatic carbocycles. The zero-order valence-corrected chi connectivity index (χ0v) is 13.1. The maximum atomic E-state index is 9.16. The van der Waals surface area contributed by atoms with E-state index < -0.39 is 8.07 Å². The molecule has 2 rings (SSSR count). The topological polar surface area (TPSA) is 39.1 Å². The Morgan fingerprint density at radius 2 is 2.00 bits per heavy atom. The highest BCUT2D eigenvalue weighted by molar-refractivity contribution is 6.88. The lowest BCUT2D eigenvalue weighted by Crippen LogP contribution is -2.50. The number of rotatable bonds is 3. The second kappa shape index (κ2) is 5.87. The Labute approximate surface area is 117 Å². The van der Waals surface area contributed by atoms with Crippen molar-refractivity contribution >= 4 is 13.3 Å². The summed E-state index contributed by atoms with van der Waals surface area (Å²) in [5, 5.41) is 13.9. The van der Waals surface area contributed by atoms with E-state index in [-0.39, 0.29) is 6.04 Å². The third-order valence-corrected chi connectivity index (χ3v) is 5.77. The van der Waals surface area contributed by atoms with E-state index in [0.29, 0.717) is 0 Å². The van der Waals surface area contributed by atoms with Crippen LogP contribution in [0.5, 0.6) is 0 Å². The first kappa shape index (κ1) is 14.3. The monoisotopic (exact) mass is 273 g/mol. The van der Waals surface area contributed by atoms with Gasteiger partial charge in [-0.2, -0.15) is 5.26 Å². The lowest BCUT2D eigenvalue weighted by atomic mass is 10.1. The van der Waals surface area contributed by atoms with Crippen LogP contribution in [0, 0.1) is 11.3 Å². The van der Waals surface area contributed by atoms with Crippen LogP contribution >= 0.6 is 0 Å². The van der Waals surface area contributed by atoms with E-state index in [1.807, 2.05) is 0 Å². The van der Waals surface area contributed by atoms with E-state index in [0.717, 1.165) is 26.2 Å². The van der Waals surface area contributed by atoms with Crippen LogP contribution in [0.3, 0.4) is 0 Å². The van der Waals surface area contributed by atoms with Crippen molar-refractivity contribution in [2.24, 2.45) is 0 Å². The average Bonchev–Trinajstić information content (AvgIpc) is 2.39. The zero-order chi connectivity index (χ0) is 13.9. The van der Waals surface area contributed by atoms with Crippen LogP contribution in [0.15, 0.2) is 24.3 Å². The largest absolute Gasteiger partial charge is 0.313 e. The number of hydrogen-bond donors (Lipinski definition) is 1. The second-order valence-electron chi connectivity index (χ2n) is 6.27. The summed E-state index contributed by atoms with van der Waals surface area (Å²) >= 11 is 0. The molecule has 4 heteroatoms. The van der Waals surface area contributed by atoms with Gasteiger partial charge in [0.15, 0.2) is 0 Å². The molecule has 1 aliphatic rings. The molecule has 1 aliphatic heterocycles. The summed E-state index contributed by atoms with van der Waals surface area (Å²) in [5.41, 5.74) is 1.31. The highest BCUT2D eigenvalue weighted by Crippen LogP contribution is 2.10. The van der Waals surface area contributed by atoms with Crippen LogP contribution in [-0.2, 0) is 6.54 Å². The lowest BCUT2D eigenvalue weighted by molar-refractivity contribution is 0.189. The average molecular weight is 273 g/mol. The molecule has 0 radical (unpaired) electrons. The second-order valence-corrected chi connectivity index (χ2v) is 11.3. The summed E-state index contributed by atoms with van der Waals surface area (Å²) in [7, 11) is -1.20. The minimum atomic E-state index is -1.20. The fourth-order valence-electron chi connectivity index (χ4n) is 2.41. The number of nitriles is 1. The Hall–Kier alpha value is -1.15. The number of benzene rings is 1. The summed E-state index contributed by atoms with van der Waals surface area (Å²) in [6, 6.07) is 11.4. The lowest BCUT2D eigenvalue weighted by Gasteiger charge is -2.32. The third-order valence-electron chi connectivity index (χ3n) is 3.71. The zero-order valence-electron chi connectivity index (χ0n) is 12.1. The predicted octanol–water partition coefficient (Wildman–Crippen LogP) is 1.53. The van der Waals surface area contributed by atoms with Gasteiger partial charge in [0.1, 0.15) is 6.04 Å². The molecular weight excluding hydrogens is 250 g/mol. The summed E-state index contributed by atoms with van der Waals surface area (Å²) in [6.45, 7) is 10.7. The van der Waals surface area contributed by atoms with Gasteiger partial charge in [-0.25, -0.2) is 0 Å². The Morgan fingerprint density at radius 1 is 1.32 bits per heavy atom. The van der Waals surface area contributed by atoms with Crippen LogP contribution in [0.1, 0.15) is 5.56 Å². The van der Waals surface area contributed by atoms with Crippen LogP contribution in [0.4, 0.5) is 0 Å².